The molecule has 0 unspecified atom stereocenters. The van der Waals surface area contributed by atoms with Crippen LogP contribution >= 0.6 is 10.2 Å². The molecule has 0 amide bonds. The minimum Gasteiger partial charge on any atom is -0.490 e. The molecular weight excluding hydrogens is 239 g/mol. The maximum Gasteiger partial charge on any atom is 0.313 e. The van der Waals surface area contributed by atoms with Crippen molar-refractivity contribution in [1.82, 2.24) is 0 Å². The van der Waals surface area contributed by atoms with Gasteiger partial charge in [-0.3, -0.25) is 0 Å². The van der Waals surface area contributed by atoms with Crippen LogP contribution in [0.15, 0.2) is 23.3 Å². The second-order valence-corrected chi connectivity index (χ2v) is 5.59. The van der Waals surface area contributed by atoms with Crippen molar-refractivity contribution in [3.8, 4) is 0 Å². The van der Waals surface area contributed by atoms with Crippen LogP contribution in [0.3, 0.4) is 0 Å². The topological polar surface area (TPSA) is 9.23 Å². The zero-order chi connectivity index (χ0) is 12.6. The summed E-state index contributed by atoms with van der Waals surface area (Å²) in [6.45, 7) is 6.57. The zero-order valence-corrected chi connectivity index (χ0v) is 9.38. The lowest BCUT2D eigenvalue weighted by molar-refractivity contribution is 0.155. The van der Waals surface area contributed by atoms with Gasteiger partial charge in [-0.05, 0) is 20.8 Å². The maximum atomic E-state index is 12.4. The van der Waals surface area contributed by atoms with Gasteiger partial charge >= 0.3 is 10.2 Å². The molecule has 0 aromatic carbocycles. The van der Waals surface area contributed by atoms with Crippen molar-refractivity contribution in [1.29, 1.82) is 0 Å². The quantitative estimate of drug-likeness (QED) is 0.383. The lowest BCUT2D eigenvalue weighted by atomic mass is 10.4. The summed E-state index contributed by atoms with van der Waals surface area (Å²) in [5.74, 6) is -1.05. The Labute approximate surface area is 85.3 Å². The van der Waals surface area contributed by atoms with Gasteiger partial charge in [0.05, 0.1) is 6.10 Å². The molecule has 0 saturated heterocycles. The van der Waals surface area contributed by atoms with Crippen molar-refractivity contribution in [2.45, 2.75) is 26.9 Å². The molecule has 0 atom stereocenters. The Bertz CT molecular complexity index is 299. The number of ether oxygens (including phenoxy) is 1. The highest BCUT2D eigenvalue weighted by Crippen LogP contribution is 3.02. The first-order chi connectivity index (χ1) is 6.27. The van der Waals surface area contributed by atoms with Crippen molar-refractivity contribution < 1.29 is 24.2 Å². The van der Waals surface area contributed by atoms with Gasteiger partial charge in [-0.15, -0.1) is 0 Å². The number of allylic oxidation sites excluding steroid dienone is 1. The first kappa shape index (κ1) is 14.3. The molecule has 92 valence electrons. The van der Waals surface area contributed by atoms with Crippen LogP contribution in [-0.2, 0) is 4.74 Å². The lowest BCUT2D eigenvalue weighted by Crippen LogP contribution is -2.14. The van der Waals surface area contributed by atoms with Crippen LogP contribution in [0, 0.1) is 0 Å². The lowest BCUT2D eigenvalue weighted by Gasteiger charge is -2.42. The second kappa shape index (κ2) is 3.13. The summed E-state index contributed by atoms with van der Waals surface area (Å²) in [7, 11) is -9.68. The summed E-state index contributed by atoms with van der Waals surface area (Å²) >= 11 is 0. The van der Waals surface area contributed by atoms with Gasteiger partial charge in [0.15, 0.2) is 0 Å². The molecule has 0 aliphatic rings. The minimum absolute atomic E-state index is 0.270. The zero-order valence-electron chi connectivity index (χ0n) is 8.57. The number of halogens is 5. The average Bonchev–Trinajstić information content (AvgIpc) is 1.78. The Morgan fingerprint density at radius 1 is 1.20 bits per heavy atom. The summed E-state index contributed by atoms with van der Waals surface area (Å²) in [4.78, 5) is -2.07. The van der Waals surface area contributed by atoms with Crippen molar-refractivity contribution >= 4 is 10.2 Å². The summed E-state index contributed by atoms with van der Waals surface area (Å²) in [5.41, 5.74) is 0. The van der Waals surface area contributed by atoms with Gasteiger partial charge in [0.25, 0.3) is 0 Å². The highest BCUT2D eigenvalue weighted by Gasteiger charge is 2.68. The predicted molar refractivity (Wildman–Crippen MR) is 52.2 cm³/mol. The number of rotatable bonds is 4. The molecule has 0 aromatic rings. The molecule has 1 nitrogen and oxygen atoms in total. The van der Waals surface area contributed by atoms with Crippen LogP contribution in [0.25, 0.3) is 0 Å². The van der Waals surface area contributed by atoms with E-state index in [-0.39, 0.29) is 6.08 Å². The largest absolute Gasteiger partial charge is 0.490 e. The van der Waals surface area contributed by atoms with Crippen LogP contribution in [-0.4, -0.2) is 6.10 Å². The van der Waals surface area contributed by atoms with Gasteiger partial charge in [-0.2, -0.15) is 0 Å². The molecule has 15 heavy (non-hydrogen) atoms. The molecule has 0 aliphatic carbocycles. The fraction of sp³-hybridized carbons (Fsp3) is 0.500. The van der Waals surface area contributed by atoms with Gasteiger partial charge in [0, 0.05) is 0 Å². The summed E-state index contributed by atoms with van der Waals surface area (Å²) in [5, 5.41) is 0. The average molecular weight is 252 g/mol. The van der Waals surface area contributed by atoms with Crippen molar-refractivity contribution in [2.24, 2.45) is 0 Å². The summed E-state index contributed by atoms with van der Waals surface area (Å²) in [6, 6.07) is 0. The monoisotopic (exact) mass is 252 g/mol. The molecule has 0 bridgehead atoms. The van der Waals surface area contributed by atoms with Gasteiger partial charge in [0.1, 0.15) is 10.7 Å². The van der Waals surface area contributed by atoms with E-state index in [4.69, 9.17) is 0 Å². The molecule has 0 rings (SSSR count). The Hall–Kier alpha value is -0.720. The van der Waals surface area contributed by atoms with Gasteiger partial charge in [-0.25, -0.2) is 0 Å². The van der Waals surface area contributed by atoms with Gasteiger partial charge in [-0.1, -0.05) is 32.1 Å². The molecule has 0 saturated carbocycles. The van der Waals surface area contributed by atoms with Gasteiger partial charge < -0.3 is 4.74 Å². The Balaban J connectivity index is 5.26. The molecule has 0 aromatic heterocycles. The van der Waals surface area contributed by atoms with E-state index < -0.39 is 27.0 Å². The fourth-order valence-corrected chi connectivity index (χ4v) is 1.87. The van der Waals surface area contributed by atoms with E-state index >= 15 is 0 Å². The molecule has 0 spiro atoms. The number of hydrogen-bond donors (Lipinski definition) is 0. The van der Waals surface area contributed by atoms with Crippen molar-refractivity contribution in [2.75, 3.05) is 0 Å². The van der Waals surface area contributed by atoms with E-state index in [1.165, 1.54) is 13.8 Å². The molecule has 0 heterocycles. The standard InChI is InChI=1S/C8H13F5OS/c1-5-8(7(4)14-6(2)3)15(9,10,11,12)13/h5-6H,4H2,1-3H3/b8-5+. The first-order valence-corrected chi connectivity index (χ1v) is 5.99. The molecule has 0 radical (unpaired) electrons. The Morgan fingerprint density at radius 2 is 1.60 bits per heavy atom. The maximum absolute atomic E-state index is 12.4. The highest BCUT2D eigenvalue weighted by molar-refractivity contribution is 8.48. The third kappa shape index (κ3) is 4.55. The molecule has 0 aliphatic heterocycles. The Kier molecular flexibility index (Phi) is 2.98. The molecule has 7 heteroatoms. The van der Waals surface area contributed by atoms with E-state index in [1.807, 2.05) is 0 Å². The molecule has 0 fully saturated rings. The highest BCUT2D eigenvalue weighted by atomic mass is 32.5. The van der Waals surface area contributed by atoms with Crippen LogP contribution in [0.2, 0.25) is 0 Å². The SMILES string of the molecule is C=C(OC(C)C)/C(=C\C)S(F)(F)(F)(F)F. The van der Waals surface area contributed by atoms with E-state index in [0.717, 1.165) is 6.92 Å². The molecule has 0 N–H and O–H groups in total. The van der Waals surface area contributed by atoms with Gasteiger partial charge in [0.2, 0.25) is 0 Å². The van der Waals surface area contributed by atoms with Crippen LogP contribution in [0.4, 0.5) is 19.4 Å². The van der Waals surface area contributed by atoms with Crippen molar-refractivity contribution in [3.63, 3.8) is 0 Å². The Morgan fingerprint density at radius 3 is 1.80 bits per heavy atom. The van der Waals surface area contributed by atoms with Crippen molar-refractivity contribution in [3.05, 3.63) is 23.3 Å². The van der Waals surface area contributed by atoms with E-state index in [9.17, 15) is 19.4 Å². The van der Waals surface area contributed by atoms with Crippen LogP contribution < -0.4 is 0 Å². The minimum atomic E-state index is -9.68. The summed E-state index contributed by atoms with van der Waals surface area (Å²) in [6.07, 6.45) is -0.376. The third-order valence-electron chi connectivity index (χ3n) is 1.33. The van der Waals surface area contributed by atoms with E-state index in [2.05, 4.69) is 11.3 Å². The first-order valence-electron chi connectivity index (χ1n) is 4.04. The predicted octanol–water partition coefficient (Wildman–Crippen LogP) is 5.13. The smallest absolute Gasteiger partial charge is 0.313 e. The van der Waals surface area contributed by atoms with Crippen LogP contribution in [0.5, 0.6) is 0 Å². The number of hydrogen-bond acceptors (Lipinski definition) is 1. The molecular formula is C8H13F5OS. The second-order valence-electron chi connectivity index (χ2n) is 3.21. The third-order valence-corrected chi connectivity index (χ3v) is 2.63. The normalized spacial score (nSPS) is 18.3. The van der Waals surface area contributed by atoms with Crippen LogP contribution in [0.1, 0.15) is 20.8 Å². The summed E-state index contributed by atoms with van der Waals surface area (Å²) < 4.78 is 66.4. The van der Waals surface area contributed by atoms with E-state index in [1.54, 1.807) is 0 Å². The van der Waals surface area contributed by atoms with E-state index in [0.29, 0.717) is 0 Å². The fourth-order valence-electron chi connectivity index (χ4n) is 0.941.